The quantitative estimate of drug-likeness (QED) is 0.243. The normalized spacial score (nSPS) is 11.7. The smallest absolute Gasteiger partial charge is 0.501 e. The van der Waals surface area contributed by atoms with Gasteiger partial charge < -0.3 is 30.3 Å². The zero-order chi connectivity index (χ0) is 22.7. The summed E-state index contributed by atoms with van der Waals surface area (Å²) in [5, 5.41) is 4.23. The van der Waals surface area contributed by atoms with Crippen molar-refractivity contribution in [1.29, 1.82) is 0 Å². The average molecular weight is 548 g/mol. The molecular formula is C27H36BrO3PSi. The molecule has 3 aromatic rings. The third kappa shape index (κ3) is 6.85. The van der Waals surface area contributed by atoms with Crippen molar-refractivity contribution < 1.29 is 30.3 Å². The van der Waals surface area contributed by atoms with Gasteiger partial charge in [0, 0.05) is 25.9 Å². The molecule has 3 nitrogen and oxygen atoms in total. The minimum atomic E-state index is -2.68. The first-order valence-corrected chi connectivity index (χ1v) is 15.6. The van der Waals surface area contributed by atoms with Crippen LogP contribution in [0.5, 0.6) is 0 Å². The molecule has 0 aliphatic rings. The molecule has 6 heteroatoms. The van der Waals surface area contributed by atoms with Crippen LogP contribution >= 0.6 is 7.26 Å². The molecule has 0 saturated carbocycles. The van der Waals surface area contributed by atoms with E-state index in [9.17, 15) is 0 Å². The molecule has 0 unspecified atom stereocenters. The van der Waals surface area contributed by atoms with Crippen molar-refractivity contribution in [1.82, 2.24) is 0 Å². The van der Waals surface area contributed by atoms with E-state index in [0.29, 0.717) is 19.8 Å². The molecule has 0 heterocycles. The minimum Gasteiger partial charge on any atom is -1.00 e. The summed E-state index contributed by atoms with van der Waals surface area (Å²) < 4.78 is 18.4. The summed E-state index contributed by atoms with van der Waals surface area (Å²) in [5.41, 5.74) is 0. The zero-order valence-corrected chi connectivity index (χ0v) is 23.4. The van der Waals surface area contributed by atoms with Crippen molar-refractivity contribution in [3.63, 3.8) is 0 Å². The molecule has 33 heavy (non-hydrogen) atoms. The predicted molar refractivity (Wildman–Crippen MR) is 140 cm³/mol. The van der Waals surface area contributed by atoms with Crippen LogP contribution in [-0.4, -0.2) is 34.8 Å². The van der Waals surface area contributed by atoms with Crippen molar-refractivity contribution in [3.8, 4) is 0 Å². The molecule has 3 aromatic carbocycles. The summed E-state index contributed by atoms with van der Waals surface area (Å²) >= 11 is 0. The van der Waals surface area contributed by atoms with Crippen LogP contribution < -0.4 is 32.9 Å². The van der Waals surface area contributed by atoms with E-state index in [-0.39, 0.29) is 17.0 Å². The molecule has 0 aromatic heterocycles. The van der Waals surface area contributed by atoms with E-state index in [2.05, 4.69) is 91.0 Å². The lowest BCUT2D eigenvalue weighted by atomic mass is 10.4. The second-order valence-electron chi connectivity index (χ2n) is 7.63. The average Bonchev–Trinajstić information content (AvgIpc) is 2.84. The SMILES string of the molecule is CCO[Si](CCC[P+](c1ccccc1)(c1ccccc1)c1ccccc1)(OCC)OCC.[Br-]. The fourth-order valence-corrected chi connectivity index (χ4v) is 11.7. The van der Waals surface area contributed by atoms with Crippen molar-refractivity contribution >= 4 is 32.0 Å². The zero-order valence-electron chi connectivity index (χ0n) is 20.0. The maximum atomic E-state index is 6.15. The van der Waals surface area contributed by atoms with E-state index in [1.807, 2.05) is 20.8 Å². The molecule has 0 aliphatic carbocycles. The first kappa shape index (κ1) is 27.9. The van der Waals surface area contributed by atoms with E-state index >= 15 is 0 Å². The first-order valence-electron chi connectivity index (χ1n) is 11.7. The molecule has 0 fully saturated rings. The van der Waals surface area contributed by atoms with Gasteiger partial charge in [-0.15, -0.1) is 0 Å². The van der Waals surface area contributed by atoms with Gasteiger partial charge >= 0.3 is 8.80 Å². The molecule has 0 radical (unpaired) electrons. The monoisotopic (exact) mass is 546 g/mol. The van der Waals surface area contributed by atoms with E-state index in [4.69, 9.17) is 13.3 Å². The molecule has 0 aliphatic heterocycles. The predicted octanol–water partition coefficient (Wildman–Crippen LogP) is 2.42. The second kappa shape index (κ2) is 14.2. The number of hydrogen-bond acceptors (Lipinski definition) is 3. The van der Waals surface area contributed by atoms with Gasteiger partial charge in [-0.05, 0) is 63.6 Å². The lowest BCUT2D eigenvalue weighted by Crippen LogP contribution is -3.00. The van der Waals surface area contributed by atoms with Gasteiger partial charge in [0.15, 0.2) is 0 Å². The molecule has 0 N–H and O–H groups in total. The van der Waals surface area contributed by atoms with Crippen LogP contribution in [0.4, 0.5) is 0 Å². The molecule has 0 atom stereocenters. The fraction of sp³-hybridized carbons (Fsp3) is 0.333. The lowest BCUT2D eigenvalue weighted by molar-refractivity contribution is -0.0000177. The minimum absolute atomic E-state index is 0. The van der Waals surface area contributed by atoms with Crippen LogP contribution in [0.1, 0.15) is 27.2 Å². The highest BCUT2D eigenvalue weighted by molar-refractivity contribution is 7.95. The van der Waals surface area contributed by atoms with Gasteiger partial charge in [0.2, 0.25) is 0 Å². The van der Waals surface area contributed by atoms with Crippen molar-refractivity contribution in [3.05, 3.63) is 91.0 Å². The largest absolute Gasteiger partial charge is 1.00 e. The Hall–Kier alpha value is -1.33. The van der Waals surface area contributed by atoms with E-state index in [1.165, 1.54) is 15.9 Å². The number of hydrogen-bond donors (Lipinski definition) is 0. The molecule has 0 spiro atoms. The van der Waals surface area contributed by atoms with E-state index in [0.717, 1.165) is 18.6 Å². The summed E-state index contributed by atoms with van der Waals surface area (Å²) in [6.45, 7) is 7.91. The van der Waals surface area contributed by atoms with Crippen LogP contribution in [0.15, 0.2) is 91.0 Å². The Labute approximate surface area is 212 Å². The van der Waals surface area contributed by atoms with Gasteiger partial charge in [0.1, 0.15) is 23.2 Å². The standard InChI is InChI=1S/C27H36O3PSi.BrH/c1-4-28-32(29-5-2,30-6-3)24-16-23-31(25-17-10-7-11-18-25,26-19-12-8-13-20-26)27-21-14-9-15-22-27;/h7-15,17-22H,4-6,16,23-24H2,1-3H3;1H/q+1;/p-1. The number of benzene rings is 3. The van der Waals surface area contributed by atoms with Crippen molar-refractivity contribution in [2.24, 2.45) is 0 Å². The Morgan fingerprint density at radius 1 is 0.576 bits per heavy atom. The van der Waals surface area contributed by atoms with Crippen LogP contribution in [0.2, 0.25) is 6.04 Å². The maximum Gasteiger partial charge on any atom is 0.501 e. The van der Waals surface area contributed by atoms with Crippen LogP contribution in [0.3, 0.4) is 0 Å². The van der Waals surface area contributed by atoms with Crippen molar-refractivity contribution in [2.75, 3.05) is 26.0 Å². The van der Waals surface area contributed by atoms with Crippen LogP contribution in [-0.2, 0) is 13.3 Å². The Morgan fingerprint density at radius 2 is 0.909 bits per heavy atom. The van der Waals surface area contributed by atoms with E-state index in [1.54, 1.807) is 0 Å². The third-order valence-corrected chi connectivity index (χ3v) is 13.3. The Bertz CT molecular complexity index is 799. The van der Waals surface area contributed by atoms with Crippen LogP contribution in [0.25, 0.3) is 0 Å². The molecule has 0 bridgehead atoms. The number of halogens is 1. The molecule has 3 rings (SSSR count). The van der Waals surface area contributed by atoms with Crippen LogP contribution in [0, 0.1) is 0 Å². The van der Waals surface area contributed by atoms with Gasteiger partial charge in [-0.2, -0.15) is 0 Å². The summed E-state index contributed by atoms with van der Waals surface area (Å²) in [6.07, 6.45) is 2.03. The van der Waals surface area contributed by atoms with E-state index < -0.39 is 16.1 Å². The second-order valence-corrected chi connectivity index (χ2v) is 14.0. The lowest BCUT2D eigenvalue weighted by Gasteiger charge is -2.31. The highest BCUT2D eigenvalue weighted by Gasteiger charge is 2.47. The van der Waals surface area contributed by atoms with Gasteiger partial charge in [0.05, 0.1) is 6.16 Å². The summed E-state index contributed by atoms with van der Waals surface area (Å²) in [6, 6.07) is 33.9. The Morgan fingerprint density at radius 3 is 1.21 bits per heavy atom. The third-order valence-electron chi connectivity index (χ3n) is 5.66. The summed E-state index contributed by atoms with van der Waals surface area (Å²) in [7, 11) is -4.52. The summed E-state index contributed by atoms with van der Waals surface area (Å²) in [5.74, 6) is 0. The van der Waals surface area contributed by atoms with Gasteiger partial charge in [-0.3, -0.25) is 0 Å². The molecule has 0 saturated heterocycles. The van der Waals surface area contributed by atoms with Gasteiger partial charge in [-0.1, -0.05) is 54.6 Å². The number of rotatable bonds is 13. The Balaban J connectivity index is 0.00000385. The Kier molecular flexibility index (Phi) is 12.0. The summed E-state index contributed by atoms with van der Waals surface area (Å²) in [4.78, 5) is 0. The highest BCUT2D eigenvalue weighted by Crippen LogP contribution is 2.56. The topological polar surface area (TPSA) is 27.7 Å². The highest BCUT2D eigenvalue weighted by atomic mass is 79.9. The van der Waals surface area contributed by atoms with Crippen molar-refractivity contribution in [2.45, 2.75) is 33.2 Å². The van der Waals surface area contributed by atoms with Gasteiger partial charge in [0.25, 0.3) is 0 Å². The first-order chi connectivity index (χ1) is 15.7. The molecular weight excluding hydrogens is 511 g/mol. The molecule has 178 valence electrons. The molecule has 0 amide bonds. The fourth-order valence-electron chi connectivity index (χ4n) is 4.42. The maximum absolute atomic E-state index is 6.15. The van der Waals surface area contributed by atoms with Gasteiger partial charge in [-0.25, -0.2) is 0 Å².